The average molecular weight is 420 g/mol. The number of aryl methyl sites for hydroxylation is 1. The minimum atomic E-state index is -0.612. The maximum atomic E-state index is 12.9. The summed E-state index contributed by atoms with van der Waals surface area (Å²) in [6.45, 7) is 5.67. The number of nitriles is 1. The Balaban J connectivity index is 1.74. The molecule has 7 heteroatoms. The van der Waals surface area contributed by atoms with E-state index in [0.29, 0.717) is 27.8 Å². The van der Waals surface area contributed by atoms with Crippen molar-refractivity contribution in [2.75, 3.05) is 0 Å². The molecule has 156 valence electrons. The SMILES string of the molecule is Cc1ccc(-c2ccc3ncc4[nH]c(=O)n(-c5ccc(C(C)(C)C#N)cc5)c4c3n2)cn1. The molecule has 5 rings (SSSR count). The Kier molecular flexibility index (Phi) is 4.38. The number of aromatic amines is 1. The Morgan fingerprint density at radius 2 is 1.78 bits per heavy atom. The molecule has 1 aromatic carbocycles. The number of nitrogens with one attached hydrogen (secondary N) is 1. The molecule has 0 unspecified atom stereocenters. The Morgan fingerprint density at radius 1 is 1.00 bits per heavy atom. The van der Waals surface area contributed by atoms with E-state index < -0.39 is 5.41 Å². The van der Waals surface area contributed by atoms with Crippen molar-refractivity contribution in [1.82, 2.24) is 24.5 Å². The first-order valence-electron chi connectivity index (χ1n) is 10.2. The first kappa shape index (κ1) is 19.6. The maximum Gasteiger partial charge on any atom is 0.331 e. The summed E-state index contributed by atoms with van der Waals surface area (Å²) in [6, 6.07) is 17.5. The first-order valence-corrected chi connectivity index (χ1v) is 10.2. The number of benzene rings is 1. The molecule has 0 atom stereocenters. The highest BCUT2D eigenvalue weighted by molar-refractivity contribution is 6.01. The van der Waals surface area contributed by atoms with Crippen LogP contribution in [0.4, 0.5) is 0 Å². The number of H-pyrrole nitrogens is 1. The Labute approximate surface area is 184 Å². The third-order valence-electron chi connectivity index (χ3n) is 5.69. The van der Waals surface area contributed by atoms with E-state index in [9.17, 15) is 10.1 Å². The number of fused-ring (bicyclic) bond motifs is 3. The van der Waals surface area contributed by atoms with E-state index in [2.05, 4.69) is 21.0 Å². The van der Waals surface area contributed by atoms with Crippen molar-refractivity contribution in [2.45, 2.75) is 26.2 Å². The van der Waals surface area contributed by atoms with Gasteiger partial charge >= 0.3 is 5.69 Å². The van der Waals surface area contributed by atoms with E-state index in [-0.39, 0.29) is 5.69 Å². The van der Waals surface area contributed by atoms with E-state index in [1.165, 1.54) is 0 Å². The van der Waals surface area contributed by atoms with Crippen molar-refractivity contribution < 1.29 is 0 Å². The summed E-state index contributed by atoms with van der Waals surface area (Å²) in [5, 5.41) is 9.41. The van der Waals surface area contributed by atoms with Crippen LogP contribution in [-0.2, 0) is 5.41 Å². The lowest BCUT2D eigenvalue weighted by molar-refractivity contribution is 0.686. The Bertz CT molecular complexity index is 1570. The van der Waals surface area contributed by atoms with Gasteiger partial charge in [-0.25, -0.2) is 9.78 Å². The zero-order valence-corrected chi connectivity index (χ0v) is 17.9. The van der Waals surface area contributed by atoms with E-state index >= 15 is 0 Å². The van der Waals surface area contributed by atoms with Gasteiger partial charge in [-0.2, -0.15) is 5.26 Å². The van der Waals surface area contributed by atoms with Gasteiger partial charge < -0.3 is 4.98 Å². The third-order valence-corrected chi connectivity index (χ3v) is 5.69. The summed E-state index contributed by atoms with van der Waals surface area (Å²) < 4.78 is 1.60. The summed E-state index contributed by atoms with van der Waals surface area (Å²) in [6.07, 6.45) is 3.44. The van der Waals surface area contributed by atoms with E-state index in [0.717, 1.165) is 22.5 Å². The molecule has 0 aliphatic carbocycles. The zero-order chi connectivity index (χ0) is 22.5. The largest absolute Gasteiger partial charge is 0.331 e. The van der Waals surface area contributed by atoms with Gasteiger partial charge in [0.2, 0.25) is 0 Å². The summed E-state index contributed by atoms with van der Waals surface area (Å²) >= 11 is 0. The van der Waals surface area contributed by atoms with E-state index in [4.69, 9.17) is 4.98 Å². The fourth-order valence-corrected chi connectivity index (χ4v) is 3.76. The van der Waals surface area contributed by atoms with Crippen LogP contribution in [0, 0.1) is 18.3 Å². The molecule has 0 aliphatic rings. The van der Waals surface area contributed by atoms with Crippen LogP contribution in [0.5, 0.6) is 0 Å². The fraction of sp³-hybridized carbons (Fsp3) is 0.160. The van der Waals surface area contributed by atoms with Crippen LogP contribution in [-0.4, -0.2) is 24.5 Å². The maximum absolute atomic E-state index is 12.9. The topological polar surface area (TPSA) is 100 Å². The van der Waals surface area contributed by atoms with Gasteiger partial charge in [-0.1, -0.05) is 12.1 Å². The molecule has 0 radical (unpaired) electrons. The van der Waals surface area contributed by atoms with Gasteiger partial charge in [-0.3, -0.25) is 14.5 Å². The van der Waals surface area contributed by atoms with Crippen LogP contribution in [0.15, 0.2) is 65.7 Å². The molecule has 0 saturated heterocycles. The van der Waals surface area contributed by atoms with Crippen LogP contribution in [0.25, 0.3) is 39.0 Å². The number of imidazole rings is 1. The average Bonchev–Trinajstić information content (AvgIpc) is 3.15. The summed E-state index contributed by atoms with van der Waals surface area (Å²) in [4.78, 5) is 29.5. The molecule has 0 aliphatic heterocycles. The van der Waals surface area contributed by atoms with Crippen molar-refractivity contribution in [2.24, 2.45) is 0 Å². The normalized spacial score (nSPS) is 11.7. The quantitative estimate of drug-likeness (QED) is 0.465. The first-order chi connectivity index (χ1) is 15.4. The Morgan fingerprint density at radius 3 is 2.47 bits per heavy atom. The van der Waals surface area contributed by atoms with Gasteiger partial charge in [0.15, 0.2) is 0 Å². The molecule has 5 aromatic rings. The van der Waals surface area contributed by atoms with Crippen LogP contribution >= 0.6 is 0 Å². The van der Waals surface area contributed by atoms with E-state index in [1.807, 2.05) is 69.3 Å². The second-order valence-electron chi connectivity index (χ2n) is 8.32. The molecule has 0 spiro atoms. The number of rotatable bonds is 3. The predicted octanol–water partition coefficient (Wildman–Crippen LogP) is 4.43. The second-order valence-corrected chi connectivity index (χ2v) is 8.32. The van der Waals surface area contributed by atoms with Gasteiger partial charge in [-0.15, -0.1) is 0 Å². The lowest BCUT2D eigenvalue weighted by Crippen LogP contribution is -2.16. The molecule has 7 nitrogen and oxygen atoms in total. The summed E-state index contributed by atoms with van der Waals surface area (Å²) in [7, 11) is 0. The van der Waals surface area contributed by atoms with Crippen LogP contribution < -0.4 is 5.69 Å². The Hall–Kier alpha value is -4.31. The number of hydrogen-bond donors (Lipinski definition) is 1. The molecule has 0 saturated carbocycles. The smallest absolute Gasteiger partial charge is 0.304 e. The fourth-order valence-electron chi connectivity index (χ4n) is 3.76. The number of aromatic nitrogens is 5. The number of pyridine rings is 3. The van der Waals surface area contributed by atoms with Gasteiger partial charge in [-0.05, 0) is 62.7 Å². The molecule has 0 bridgehead atoms. The van der Waals surface area contributed by atoms with Crippen molar-refractivity contribution in [3.05, 3.63) is 82.7 Å². The summed E-state index contributed by atoms with van der Waals surface area (Å²) in [5.74, 6) is 0. The molecule has 0 fully saturated rings. The molecule has 32 heavy (non-hydrogen) atoms. The number of nitrogens with zero attached hydrogens (tertiary/aromatic N) is 5. The minimum absolute atomic E-state index is 0.272. The van der Waals surface area contributed by atoms with Crippen molar-refractivity contribution in [3.8, 4) is 23.0 Å². The minimum Gasteiger partial charge on any atom is -0.304 e. The van der Waals surface area contributed by atoms with Crippen LogP contribution in [0.1, 0.15) is 25.1 Å². The number of hydrogen-bond acceptors (Lipinski definition) is 5. The lowest BCUT2D eigenvalue weighted by atomic mass is 9.86. The van der Waals surface area contributed by atoms with Gasteiger partial charge in [0, 0.05) is 17.5 Å². The summed E-state index contributed by atoms with van der Waals surface area (Å²) in [5.41, 5.74) is 5.85. The van der Waals surface area contributed by atoms with Crippen molar-refractivity contribution in [1.29, 1.82) is 5.26 Å². The standard InChI is InChI=1S/C25H20N6O/c1-15-4-5-16(12-27-15)19-10-11-20-22(29-19)23-21(13-28-20)30-24(32)31(23)18-8-6-17(7-9-18)25(2,3)14-26/h4-13H,1-3H3,(H,30,32). The molecular weight excluding hydrogens is 400 g/mol. The highest BCUT2D eigenvalue weighted by atomic mass is 16.1. The van der Waals surface area contributed by atoms with Gasteiger partial charge in [0.05, 0.1) is 40.1 Å². The van der Waals surface area contributed by atoms with Gasteiger partial charge in [0.25, 0.3) is 0 Å². The van der Waals surface area contributed by atoms with Crippen LogP contribution in [0.2, 0.25) is 0 Å². The highest BCUT2D eigenvalue weighted by Crippen LogP contribution is 2.27. The van der Waals surface area contributed by atoms with E-state index in [1.54, 1.807) is 17.0 Å². The molecule has 0 amide bonds. The highest BCUT2D eigenvalue weighted by Gasteiger charge is 2.20. The van der Waals surface area contributed by atoms with Crippen molar-refractivity contribution >= 4 is 22.1 Å². The zero-order valence-electron chi connectivity index (χ0n) is 17.9. The van der Waals surface area contributed by atoms with Crippen LogP contribution in [0.3, 0.4) is 0 Å². The van der Waals surface area contributed by atoms with Gasteiger partial charge in [0.1, 0.15) is 11.0 Å². The molecular formula is C25H20N6O. The third kappa shape index (κ3) is 3.13. The lowest BCUT2D eigenvalue weighted by Gasteiger charge is -2.16. The van der Waals surface area contributed by atoms with Crippen molar-refractivity contribution in [3.63, 3.8) is 0 Å². The molecule has 4 heterocycles. The molecule has 1 N–H and O–H groups in total. The predicted molar refractivity (Wildman–Crippen MR) is 124 cm³/mol. The second kappa shape index (κ2) is 7.13. The monoisotopic (exact) mass is 420 g/mol. The molecule has 4 aromatic heterocycles.